The van der Waals surface area contributed by atoms with Gasteiger partial charge in [-0.1, -0.05) is 0 Å². The molecule has 2 aliphatic rings. The topological polar surface area (TPSA) is 55.4 Å². The van der Waals surface area contributed by atoms with Crippen LogP contribution in [-0.4, -0.2) is 30.4 Å². The van der Waals surface area contributed by atoms with Crippen LogP contribution in [0.4, 0.5) is 0 Å². The van der Waals surface area contributed by atoms with E-state index in [0.717, 1.165) is 25.8 Å². The minimum atomic E-state index is -0.318. The summed E-state index contributed by atoms with van der Waals surface area (Å²) < 4.78 is 4.55. The molecule has 4 heteroatoms. The van der Waals surface area contributed by atoms with Gasteiger partial charge in [-0.25, -0.2) is 0 Å². The lowest BCUT2D eigenvalue weighted by molar-refractivity contribution is -0.138. The van der Waals surface area contributed by atoms with E-state index >= 15 is 0 Å². The van der Waals surface area contributed by atoms with E-state index in [1.165, 1.54) is 6.42 Å². The summed E-state index contributed by atoms with van der Waals surface area (Å²) in [6.07, 6.45) is 4.25. The van der Waals surface area contributed by atoms with Crippen LogP contribution >= 0.6 is 0 Å². The first-order chi connectivity index (χ1) is 7.94. The van der Waals surface area contributed by atoms with Crippen LogP contribution in [0.2, 0.25) is 0 Å². The molecule has 1 aliphatic heterocycles. The highest BCUT2D eigenvalue weighted by molar-refractivity contribution is 5.82. The third kappa shape index (κ3) is 4.86. The Balaban J connectivity index is 0.000000185. The average Bonchev–Trinajstić information content (AvgIpc) is 2.66. The Kier molecular flexibility index (Phi) is 5.12. The van der Waals surface area contributed by atoms with Crippen molar-refractivity contribution >= 4 is 12.3 Å². The van der Waals surface area contributed by atoms with Gasteiger partial charge in [-0.05, 0) is 46.6 Å². The zero-order valence-corrected chi connectivity index (χ0v) is 11.0. The second-order valence-corrected chi connectivity index (χ2v) is 5.64. The van der Waals surface area contributed by atoms with Crippen molar-refractivity contribution in [2.45, 2.75) is 58.1 Å². The number of hydrogen-bond donors (Lipinski definition) is 1. The standard InChI is InChI=1S/C8H13NO.C5H10O2/c10-8-3-1-2-7-6(8)4-5-9-7;1-5(2,3)7-4-6/h6-7,9H,1-5H2;4H,1-3H3/t6-,7-;/m1./s1. The van der Waals surface area contributed by atoms with E-state index in [1.54, 1.807) is 0 Å². The monoisotopic (exact) mass is 241 g/mol. The van der Waals surface area contributed by atoms with Gasteiger partial charge in [0, 0.05) is 18.4 Å². The Bertz CT molecular complexity index is 270. The van der Waals surface area contributed by atoms with Crippen LogP contribution in [0.5, 0.6) is 0 Å². The second kappa shape index (κ2) is 6.15. The molecular weight excluding hydrogens is 218 g/mol. The zero-order valence-electron chi connectivity index (χ0n) is 11.0. The summed E-state index contributed by atoms with van der Waals surface area (Å²) >= 11 is 0. The zero-order chi connectivity index (χ0) is 12.9. The molecule has 0 spiro atoms. The average molecular weight is 241 g/mol. The highest BCUT2D eigenvalue weighted by Crippen LogP contribution is 2.27. The summed E-state index contributed by atoms with van der Waals surface area (Å²) in [6.45, 7) is 6.98. The van der Waals surface area contributed by atoms with Crippen molar-refractivity contribution in [2.75, 3.05) is 6.54 Å². The van der Waals surface area contributed by atoms with Crippen LogP contribution in [0.1, 0.15) is 46.5 Å². The van der Waals surface area contributed by atoms with E-state index in [-0.39, 0.29) is 5.60 Å². The van der Waals surface area contributed by atoms with Crippen LogP contribution in [-0.2, 0) is 14.3 Å². The molecule has 98 valence electrons. The fourth-order valence-corrected chi connectivity index (χ4v) is 2.28. The van der Waals surface area contributed by atoms with Gasteiger partial charge >= 0.3 is 0 Å². The van der Waals surface area contributed by atoms with Gasteiger partial charge in [0.15, 0.2) is 0 Å². The van der Waals surface area contributed by atoms with E-state index in [1.807, 2.05) is 20.8 Å². The number of ketones is 1. The summed E-state index contributed by atoms with van der Waals surface area (Å²) in [5.74, 6) is 0.884. The number of fused-ring (bicyclic) bond motifs is 1. The van der Waals surface area contributed by atoms with Crippen LogP contribution in [0.3, 0.4) is 0 Å². The summed E-state index contributed by atoms with van der Waals surface area (Å²) in [7, 11) is 0. The predicted molar refractivity (Wildman–Crippen MR) is 65.7 cm³/mol. The summed E-state index contributed by atoms with van der Waals surface area (Å²) in [5.41, 5.74) is -0.318. The fraction of sp³-hybridized carbons (Fsp3) is 0.846. The van der Waals surface area contributed by atoms with Gasteiger partial charge in [-0.15, -0.1) is 0 Å². The van der Waals surface area contributed by atoms with Crippen LogP contribution < -0.4 is 5.32 Å². The van der Waals surface area contributed by atoms with Crippen molar-refractivity contribution in [2.24, 2.45) is 5.92 Å². The molecule has 0 amide bonds. The normalized spacial score (nSPS) is 27.8. The predicted octanol–water partition coefficient (Wildman–Crippen LogP) is 1.68. The first kappa shape index (κ1) is 14.2. The number of carbonyl (C=O) groups excluding carboxylic acids is 2. The lowest BCUT2D eigenvalue weighted by Gasteiger charge is -2.22. The van der Waals surface area contributed by atoms with E-state index in [9.17, 15) is 9.59 Å². The second-order valence-electron chi connectivity index (χ2n) is 5.64. The Morgan fingerprint density at radius 3 is 2.53 bits per heavy atom. The van der Waals surface area contributed by atoms with Gasteiger partial charge in [0.1, 0.15) is 11.4 Å². The van der Waals surface area contributed by atoms with Crippen LogP contribution in [0.15, 0.2) is 0 Å². The van der Waals surface area contributed by atoms with Crippen molar-refractivity contribution in [3.63, 3.8) is 0 Å². The Hall–Kier alpha value is -0.900. The number of carbonyl (C=O) groups is 2. The van der Waals surface area contributed by atoms with Crippen LogP contribution in [0, 0.1) is 5.92 Å². The maximum Gasteiger partial charge on any atom is 0.293 e. The molecule has 0 unspecified atom stereocenters. The molecule has 0 aromatic carbocycles. The molecule has 1 N–H and O–H groups in total. The molecule has 0 bridgehead atoms. The van der Waals surface area contributed by atoms with Gasteiger partial charge in [0.2, 0.25) is 0 Å². The Labute approximate surface area is 103 Å². The molecule has 4 nitrogen and oxygen atoms in total. The first-order valence-corrected chi connectivity index (χ1v) is 6.31. The molecule has 0 aromatic rings. The first-order valence-electron chi connectivity index (χ1n) is 6.31. The molecule has 2 rings (SSSR count). The maximum absolute atomic E-state index is 11.2. The fourth-order valence-electron chi connectivity index (χ4n) is 2.28. The van der Waals surface area contributed by atoms with Crippen molar-refractivity contribution in [1.82, 2.24) is 5.32 Å². The highest BCUT2D eigenvalue weighted by atomic mass is 16.5. The number of Topliss-reactive ketones (excluding diaryl/α,β-unsaturated/α-hetero) is 1. The Morgan fingerprint density at radius 2 is 2.06 bits per heavy atom. The molecule has 1 heterocycles. The van der Waals surface area contributed by atoms with E-state index in [4.69, 9.17) is 0 Å². The molecule has 1 aliphatic carbocycles. The third-order valence-electron chi connectivity index (χ3n) is 3.10. The van der Waals surface area contributed by atoms with Gasteiger partial charge in [0.05, 0.1) is 0 Å². The van der Waals surface area contributed by atoms with Crippen molar-refractivity contribution in [1.29, 1.82) is 0 Å². The minimum Gasteiger partial charge on any atom is -0.462 e. The van der Waals surface area contributed by atoms with Gasteiger partial charge in [-0.2, -0.15) is 0 Å². The molecule has 0 aromatic heterocycles. The number of ether oxygens (including phenoxy) is 1. The van der Waals surface area contributed by atoms with Crippen molar-refractivity contribution < 1.29 is 14.3 Å². The number of hydrogen-bond acceptors (Lipinski definition) is 4. The summed E-state index contributed by atoms with van der Waals surface area (Å²) in [6, 6.07) is 0.543. The van der Waals surface area contributed by atoms with Gasteiger partial charge in [0.25, 0.3) is 6.47 Å². The number of nitrogens with one attached hydrogen (secondary N) is 1. The lowest BCUT2D eigenvalue weighted by Crippen LogP contribution is -2.34. The smallest absolute Gasteiger partial charge is 0.293 e. The van der Waals surface area contributed by atoms with E-state index in [0.29, 0.717) is 24.2 Å². The van der Waals surface area contributed by atoms with Gasteiger partial charge in [-0.3, -0.25) is 9.59 Å². The molecule has 2 atom stereocenters. The van der Waals surface area contributed by atoms with Gasteiger partial charge < -0.3 is 10.1 Å². The lowest BCUT2D eigenvalue weighted by atomic mass is 9.84. The molecule has 1 saturated heterocycles. The quantitative estimate of drug-likeness (QED) is 0.710. The van der Waals surface area contributed by atoms with Crippen molar-refractivity contribution in [3.05, 3.63) is 0 Å². The largest absolute Gasteiger partial charge is 0.462 e. The summed E-state index contributed by atoms with van der Waals surface area (Å²) in [5, 5.41) is 3.37. The highest BCUT2D eigenvalue weighted by Gasteiger charge is 2.34. The van der Waals surface area contributed by atoms with Crippen molar-refractivity contribution in [3.8, 4) is 0 Å². The SMILES string of the molecule is CC(C)(C)OC=O.O=C1CCC[C@H]2NCC[C@@H]12. The molecular formula is C13H23NO3. The molecule has 0 radical (unpaired) electrons. The minimum absolute atomic E-state index is 0.318. The molecule has 17 heavy (non-hydrogen) atoms. The van der Waals surface area contributed by atoms with Crippen LogP contribution in [0.25, 0.3) is 0 Å². The Morgan fingerprint density at radius 1 is 1.35 bits per heavy atom. The van der Waals surface area contributed by atoms with E-state index in [2.05, 4.69) is 10.1 Å². The van der Waals surface area contributed by atoms with E-state index < -0.39 is 0 Å². The molecule has 1 saturated carbocycles. The third-order valence-corrected chi connectivity index (χ3v) is 3.10. The number of rotatable bonds is 1. The molecule has 2 fully saturated rings. The maximum atomic E-state index is 11.2. The summed E-state index contributed by atoms with van der Waals surface area (Å²) in [4.78, 5) is 20.8.